The quantitative estimate of drug-likeness (QED) is 0.422. The number of amides is 1. The molecular formula is CH2NOSe-. The SMILES string of the molecule is NC(=O)[Se-]. The van der Waals surface area contributed by atoms with Crippen LogP contribution in [0, 0.1) is 0 Å². The Kier molecular flexibility index (Phi) is 1.32. The number of carbonyl (C=O) groups is 1. The maximum atomic E-state index is 9.17. The van der Waals surface area contributed by atoms with E-state index in [1.807, 2.05) is 16.0 Å². The Morgan fingerprint density at radius 1 is 2.00 bits per heavy atom. The van der Waals surface area contributed by atoms with Gasteiger partial charge in [-0.2, -0.15) is 0 Å². The van der Waals surface area contributed by atoms with Gasteiger partial charge >= 0.3 is 31.3 Å². The van der Waals surface area contributed by atoms with Crippen LogP contribution < -0.4 is 5.73 Å². The van der Waals surface area contributed by atoms with E-state index in [4.69, 9.17) is 4.79 Å². The van der Waals surface area contributed by atoms with E-state index in [2.05, 4.69) is 5.73 Å². The van der Waals surface area contributed by atoms with Crippen molar-refractivity contribution >= 4 is 20.8 Å². The van der Waals surface area contributed by atoms with Gasteiger partial charge in [0.25, 0.3) is 0 Å². The fourth-order valence-corrected chi connectivity index (χ4v) is 0. The Labute approximate surface area is 32.2 Å². The molecule has 2 N–H and O–H groups in total. The third-order valence-electron chi connectivity index (χ3n) is 0. The van der Waals surface area contributed by atoms with Crippen LogP contribution in [0.5, 0.6) is 0 Å². The Balaban J connectivity index is 2.80. The number of hydrogen-bond acceptors (Lipinski definition) is 1. The molecule has 0 bridgehead atoms. The van der Waals surface area contributed by atoms with Crippen LogP contribution in [0.25, 0.3) is 0 Å². The van der Waals surface area contributed by atoms with Gasteiger partial charge in [-0.1, -0.05) is 0 Å². The van der Waals surface area contributed by atoms with E-state index >= 15 is 0 Å². The molecule has 0 atom stereocenters. The van der Waals surface area contributed by atoms with Gasteiger partial charge in [-0.05, 0) is 0 Å². The summed E-state index contributed by atoms with van der Waals surface area (Å²) in [4.78, 5) is 8.71. The zero-order chi connectivity index (χ0) is 3.58. The van der Waals surface area contributed by atoms with Gasteiger partial charge in [-0.15, -0.1) is 0 Å². The number of carbonyl (C=O) groups excluding carboxylic acids is 1. The van der Waals surface area contributed by atoms with Crippen LogP contribution >= 0.6 is 0 Å². The molecule has 4 heavy (non-hydrogen) atoms. The first kappa shape index (κ1) is 3.99. The molecular weight excluding hydrogens is 121 g/mol. The van der Waals surface area contributed by atoms with Gasteiger partial charge in [0.15, 0.2) is 0 Å². The molecule has 0 spiro atoms. The molecule has 2 nitrogen and oxygen atoms in total. The number of hydrogen-bond donors (Lipinski definition) is 1. The van der Waals surface area contributed by atoms with Crippen LogP contribution in [-0.2, 0) is 0 Å². The molecule has 0 radical (unpaired) electrons. The molecule has 1 amide bonds. The van der Waals surface area contributed by atoms with Crippen LogP contribution in [0.1, 0.15) is 0 Å². The van der Waals surface area contributed by atoms with Crippen molar-refractivity contribution in [2.75, 3.05) is 0 Å². The van der Waals surface area contributed by atoms with E-state index < -0.39 is 4.81 Å². The van der Waals surface area contributed by atoms with Gasteiger partial charge in [0.1, 0.15) is 0 Å². The molecule has 0 fully saturated rings. The van der Waals surface area contributed by atoms with Crippen molar-refractivity contribution in [1.82, 2.24) is 0 Å². The number of primary amides is 1. The molecule has 0 aromatic carbocycles. The molecule has 0 aromatic heterocycles. The summed E-state index contributed by atoms with van der Waals surface area (Å²) in [6.07, 6.45) is 0. The summed E-state index contributed by atoms with van der Waals surface area (Å²) >= 11 is 2.04. The summed E-state index contributed by atoms with van der Waals surface area (Å²) < 4.78 is 0. The first-order valence-corrected chi connectivity index (χ1v) is 1.55. The summed E-state index contributed by atoms with van der Waals surface area (Å²) in [5.41, 5.74) is 4.42. The molecule has 0 aliphatic carbocycles. The average Bonchev–Trinajstić information content (AvgIpc) is 0.811. The monoisotopic (exact) mass is 124 g/mol. The first-order valence-electron chi connectivity index (χ1n) is 0.697. The molecule has 0 saturated heterocycles. The van der Waals surface area contributed by atoms with Crippen molar-refractivity contribution < 1.29 is 4.79 Å². The summed E-state index contributed by atoms with van der Waals surface area (Å²) in [7, 11) is 0. The number of rotatable bonds is 0. The van der Waals surface area contributed by atoms with E-state index in [1.54, 1.807) is 0 Å². The average molecular weight is 123 g/mol. The molecule has 24 valence electrons. The molecule has 0 heterocycles. The third kappa shape index (κ3) is 17600. The van der Waals surface area contributed by atoms with Gasteiger partial charge in [-0.25, -0.2) is 0 Å². The maximum absolute atomic E-state index is 9.17. The van der Waals surface area contributed by atoms with E-state index in [9.17, 15) is 0 Å². The van der Waals surface area contributed by atoms with Crippen molar-refractivity contribution in [1.29, 1.82) is 0 Å². The van der Waals surface area contributed by atoms with Crippen molar-refractivity contribution in [3.05, 3.63) is 0 Å². The zero-order valence-corrected chi connectivity index (χ0v) is 3.61. The minimum atomic E-state index is -0.458. The van der Waals surface area contributed by atoms with Crippen molar-refractivity contribution in [3.63, 3.8) is 0 Å². The van der Waals surface area contributed by atoms with Gasteiger partial charge < -0.3 is 0 Å². The second kappa shape index (κ2) is 1.32. The summed E-state index contributed by atoms with van der Waals surface area (Å²) in [6, 6.07) is 0. The van der Waals surface area contributed by atoms with Gasteiger partial charge in [-0.3, -0.25) is 0 Å². The Morgan fingerprint density at radius 3 is 2.00 bits per heavy atom. The first-order chi connectivity index (χ1) is 1.73. The predicted molar refractivity (Wildman–Crippen MR) is 15.3 cm³/mol. The van der Waals surface area contributed by atoms with E-state index in [-0.39, 0.29) is 0 Å². The normalized spacial score (nSPS) is 6.00. The Hall–Kier alpha value is -0.0105. The summed E-state index contributed by atoms with van der Waals surface area (Å²) in [6.45, 7) is 0. The second-order valence-electron chi connectivity index (χ2n) is 0.319. The third-order valence-corrected chi connectivity index (χ3v) is 0. The van der Waals surface area contributed by atoms with Crippen molar-refractivity contribution in [2.24, 2.45) is 5.73 Å². The van der Waals surface area contributed by atoms with E-state index in [0.29, 0.717) is 0 Å². The van der Waals surface area contributed by atoms with Crippen LogP contribution in [0.3, 0.4) is 0 Å². The van der Waals surface area contributed by atoms with Crippen LogP contribution in [0.15, 0.2) is 0 Å². The topological polar surface area (TPSA) is 43.1 Å². The van der Waals surface area contributed by atoms with Gasteiger partial charge in [0.2, 0.25) is 0 Å². The zero-order valence-electron chi connectivity index (χ0n) is 1.89. The van der Waals surface area contributed by atoms with Crippen LogP contribution in [-0.4, -0.2) is 20.8 Å². The second-order valence-corrected chi connectivity index (χ2v) is 1.16. The molecule has 0 saturated carbocycles. The Morgan fingerprint density at radius 2 is 2.00 bits per heavy atom. The summed E-state index contributed by atoms with van der Waals surface area (Å²) in [5, 5.41) is 0. The van der Waals surface area contributed by atoms with Gasteiger partial charge in [0.05, 0.1) is 0 Å². The standard InChI is InChI=1S/CH3NOSe/c2-1(3)4/h(H3,2,3,4)/p-1. The van der Waals surface area contributed by atoms with Crippen LogP contribution in [0.2, 0.25) is 0 Å². The Bertz CT molecular complexity index is 31.0. The van der Waals surface area contributed by atoms with E-state index in [0.717, 1.165) is 0 Å². The predicted octanol–water partition coefficient (Wildman–Crippen LogP) is -0.766. The molecule has 0 aliphatic heterocycles. The molecule has 0 unspecified atom stereocenters. The van der Waals surface area contributed by atoms with Gasteiger partial charge in [0, 0.05) is 0 Å². The van der Waals surface area contributed by atoms with E-state index in [1.165, 1.54) is 0 Å². The van der Waals surface area contributed by atoms with Crippen molar-refractivity contribution in [2.45, 2.75) is 0 Å². The minimum absolute atomic E-state index is 0.458. The fraction of sp³-hybridized carbons (Fsp3) is 0. The number of nitrogens with two attached hydrogens (primary N) is 1. The summed E-state index contributed by atoms with van der Waals surface area (Å²) in [5.74, 6) is 0. The van der Waals surface area contributed by atoms with Crippen LogP contribution in [0.4, 0.5) is 4.79 Å². The molecule has 0 aromatic rings. The molecule has 3 heteroatoms. The van der Waals surface area contributed by atoms with Crippen molar-refractivity contribution in [3.8, 4) is 0 Å². The molecule has 0 rings (SSSR count). The molecule has 0 aliphatic rings. The fourth-order valence-electron chi connectivity index (χ4n) is 0.